The number of carboxylic acids is 1. The van der Waals surface area contributed by atoms with Crippen molar-refractivity contribution in [2.24, 2.45) is 0 Å². The molecule has 6 nitrogen and oxygen atoms in total. The SMILES string of the molecule is COCC(O)CCNCc1cc(C(=O)O)c(C)o1. The second-order valence-electron chi connectivity index (χ2n) is 4.06. The van der Waals surface area contributed by atoms with E-state index >= 15 is 0 Å². The molecule has 0 radical (unpaired) electrons. The molecule has 0 saturated heterocycles. The standard InChI is InChI=1S/C12H19NO5/c1-8-11(12(15)16)5-10(18-8)6-13-4-3-9(14)7-17-2/h5,9,13-14H,3-4,6-7H2,1-2H3,(H,15,16). The fraction of sp³-hybridized carbons (Fsp3) is 0.583. The van der Waals surface area contributed by atoms with Crippen molar-refractivity contribution in [2.45, 2.75) is 26.0 Å². The molecule has 0 aromatic carbocycles. The van der Waals surface area contributed by atoms with Gasteiger partial charge in [-0.25, -0.2) is 4.79 Å². The zero-order valence-electron chi connectivity index (χ0n) is 10.6. The fourth-order valence-corrected chi connectivity index (χ4v) is 1.60. The van der Waals surface area contributed by atoms with E-state index < -0.39 is 12.1 Å². The van der Waals surface area contributed by atoms with Crippen LogP contribution in [0.25, 0.3) is 0 Å². The molecule has 0 spiro atoms. The third-order valence-electron chi connectivity index (χ3n) is 2.51. The normalized spacial score (nSPS) is 12.6. The van der Waals surface area contributed by atoms with Crippen LogP contribution in [0.5, 0.6) is 0 Å². The van der Waals surface area contributed by atoms with Gasteiger partial charge in [0, 0.05) is 7.11 Å². The number of hydrogen-bond donors (Lipinski definition) is 3. The first kappa shape index (κ1) is 14.7. The first-order chi connectivity index (χ1) is 8.54. The van der Waals surface area contributed by atoms with Gasteiger partial charge < -0.3 is 24.7 Å². The van der Waals surface area contributed by atoms with E-state index in [1.807, 2.05) is 0 Å². The van der Waals surface area contributed by atoms with Gasteiger partial charge in [-0.1, -0.05) is 0 Å². The zero-order chi connectivity index (χ0) is 13.5. The molecule has 1 aromatic rings. The minimum absolute atomic E-state index is 0.186. The Kier molecular flexibility index (Phi) is 5.84. The van der Waals surface area contributed by atoms with Crippen LogP contribution in [-0.4, -0.2) is 42.5 Å². The minimum Gasteiger partial charge on any atom is -0.478 e. The molecule has 1 rings (SSSR count). The van der Waals surface area contributed by atoms with Crippen molar-refractivity contribution in [3.63, 3.8) is 0 Å². The molecule has 6 heteroatoms. The summed E-state index contributed by atoms with van der Waals surface area (Å²) in [7, 11) is 1.54. The predicted molar refractivity (Wildman–Crippen MR) is 64.6 cm³/mol. The largest absolute Gasteiger partial charge is 0.478 e. The third kappa shape index (κ3) is 4.48. The second-order valence-corrected chi connectivity index (χ2v) is 4.06. The van der Waals surface area contributed by atoms with Gasteiger partial charge in [-0.3, -0.25) is 0 Å². The summed E-state index contributed by atoms with van der Waals surface area (Å²) >= 11 is 0. The van der Waals surface area contributed by atoms with Crippen LogP contribution in [0.15, 0.2) is 10.5 Å². The predicted octanol–water partition coefficient (Wildman–Crippen LogP) is 0.773. The van der Waals surface area contributed by atoms with E-state index in [0.717, 1.165) is 0 Å². The van der Waals surface area contributed by atoms with Crippen molar-refractivity contribution in [1.82, 2.24) is 5.32 Å². The van der Waals surface area contributed by atoms with E-state index in [-0.39, 0.29) is 5.56 Å². The van der Waals surface area contributed by atoms with Crippen LogP contribution in [0.4, 0.5) is 0 Å². The van der Waals surface area contributed by atoms with E-state index in [2.05, 4.69) is 5.32 Å². The third-order valence-corrected chi connectivity index (χ3v) is 2.51. The van der Waals surface area contributed by atoms with Gasteiger partial charge in [-0.2, -0.15) is 0 Å². The van der Waals surface area contributed by atoms with E-state index in [1.165, 1.54) is 13.2 Å². The summed E-state index contributed by atoms with van der Waals surface area (Å²) in [6.07, 6.45) is 0.0784. The summed E-state index contributed by atoms with van der Waals surface area (Å²) in [5.41, 5.74) is 0.186. The average Bonchev–Trinajstić information content (AvgIpc) is 2.66. The Balaban J connectivity index is 2.31. The molecule has 18 heavy (non-hydrogen) atoms. The van der Waals surface area contributed by atoms with Crippen molar-refractivity contribution in [3.8, 4) is 0 Å². The van der Waals surface area contributed by atoms with Crippen molar-refractivity contribution in [3.05, 3.63) is 23.2 Å². The summed E-state index contributed by atoms with van der Waals surface area (Å²) in [5, 5.41) is 21.3. The lowest BCUT2D eigenvalue weighted by atomic mass is 10.2. The smallest absolute Gasteiger partial charge is 0.339 e. The van der Waals surface area contributed by atoms with Crippen LogP contribution >= 0.6 is 0 Å². The number of hydrogen-bond acceptors (Lipinski definition) is 5. The van der Waals surface area contributed by atoms with Crippen LogP contribution in [0.1, 0.15) is 28.3 Å². The lowest BCUT2D eigenvalue weighted by Crippen LogP contribution is -2.22. The molecule has 0 fully saturated rings. The van der Waals surface area contributed by atoms with Crippen molar-refractivity contribution < 1.29 is 24.2 Å². The molecule has 1 aromatic heterocycles. The maximum Gasteiger partial charge on any atom is 0.339 e. The van der Waals surface area contributed by atoms with E-state index in [4.69, 9.17) is 14.3 Å². The number of ether oxygens (including phenoxy) is 1. The zero-order valence-corrected chi connectivity index (χ0v) is 10.6. The molecule has 3 N–H and O–H groups in total. The van der Waals surface area contributed by atoms with Crippen molar-refractivity contribution >= 4 is 5.97 Å². The first-order valence-electron chi connectivity index (χ1n) is 5.75. The molecule has 1 atom stereocenters. The number of aliphatic hydroxyl groups excluding tert-OH is 1. The Labute approximate surface area is 106 Å². The Morgan fingerprint density at radius 1 is 1.61 bits per heavy atom. The first-order valence-corrected chi connectivity index (χ1v) is 5.75. The Morgan fingerprint density at radius 3 is 2.89 bits per heavy atom. The highest BCUT2D eigenvalue weighted by Crippen LogP contribution is 2.14. The lowest BCUT2D eigenvalue weighted by Gasteiger charge is -2.09. The molecule has 1 heterocycles. The monoisotopic (exact) mass is 257 g/mol. The van der Waals surface area contributed by atoms with Crippen LogP contribution in [-0.2, 0) is 11.3 Å². The number of carbonyl (C=O) groups is 1. The number of aromatic carboxylic acids is 1. The highest BCUT2D eigenvalue weighted by molar-refractivity contribution is 5.88. The van der Waals surface area contributed by atoms with Crippen LogP contribution < -0.4 is 5.32 Å². The van der Waals surface area contributed by atoms with Crippen LogP contribution in [0.3, 0.4) is 0 Å². The van der Waals surface area contributed by atoms with Crippen LogP contribution in [0, 0.1) is 6.92 Å². The topological polar surface area (TPSA) is 91.9 Å². The second kappa shape index (κ2) is 7.15. The molecular formula is C12H19NO5. The summed E-state index contributed by atoms with van der Waals surface area (Å²) in [4.78, 5) is 10.8. The average molecular weight is 257 g/mol. The number of furan rings is 1. The van der Waals surface area contributed by atoms with Gasteiger partial charge in [-0.15, -0.1) is 0 Å². The molecule has 0 bridgehead atoms. The number of aryl methyl sites for hydroxylation is 1. The number of methoxy groups -OCH3 is 1. The molecule has 0 aliphatic carbocycles. The maximum absolute atomic E-state index is 10.8. The van der Waals surface area contributed by atoms with Gasteiger partial charge in [0.15, 0.2) is 0 Å². The van der Waals surface area contributed by atoms with Crippen molar-refractivity contribution in [1.29, 1.82) is 0 Å². The number of aliphatic hydroxyl groups is 1. The fourth-order valence-electron chi connectivity index (χ4n) is 1.60. The van der Waals surface area contributed by atoms with Gasteiger partial charge in [0.2, 0.25) is 0 Å². The molecule has 0 amide bonds. The lowest BCUT2D eigenvalue weighted by molar-refractivity contribution is 0.0593. The molecule has 0 aliphatic heterocycles. The summed E-state index contributed by atoms with van der Waals surface area (Å²) < 4.78 is 10.1. The van der Waals surface area contributed by atoms with E-state index in [1.54, 1.807) is 6.92 Å². The molecule has 102 valence electrons. The molecule has 0 saturated carbocycles. The molecule has 0 aliphatic rings. The van der Waals surface area contributed by atoms with Crippen molar-refractivity contribution in [2.75, 3.05) is 20.3 Å². The Bertz CT molecular complexity index is 388. The van der Waals surface area contributed by atoms with Gasteiger partial charge in [0.25, 0.3) is 0 Å². The Morgan fingerprint density at radius 2 is 2.33 bits per heavy atom. The van der Waals surface area contributed by atoms with E-state index in [0.29, 0.717) is 37.6 Å². The summed E-state index contributed by atoms with van der Waals surface area (Å²) in [5.74, 6) is -0.0112. The molecular weight excluding hydrogens is 238 g/mol. The Hall–Kier alpha value is -1.37. The quantitative estimate of drug-likeness (QED) is 0.596. The number of rotatable bonds is 8. The van der Waals surface area contributed by atoms with E-state index in [9.17, 15) is 9.90 Å². The molecule has 1 unspecified atom stereocenters. The van der Waals surface area contributed by atoms with Crippen LogP contribution in [0.2, 0.25) is 0 Å². The highest BCUT2D eigenvalue weighted by Gasteiger charge is 2.13. The number of nitrogens with one attached hydrogen (secondary N) is 1. The minimum atomic E-state index is -0.988. The van der Waals surface area contributed by atoms with Gasteiger partial charge in [-0.05, 0) is 26.0 Å². The maximum atomic E-state index is 10.8. The number of carboxylic acid groups (broad SMARTS) is 1. The highest BCUT2D eigenvalue weighted by atomic mass is 16.5. The van der Waals surface area contributed by atoms with Gasteiger partial charge in [0.1, 0.15) is 17.1 Å². The van der Waals surface area contributed by atoms with Gasteiger partial charge in [0.05, 0.1) is 19.3 Å². The summed E-state index contributed by atoms with van der Waals surface area (Å²) in [6, 6.07) is 1.51. The van der Waals surface area contributed by atoms with Gasteiger partial charge >= 0.3 is 5.97 Å². The summed E-state index contributed by atoms with van der Waals surface area (Å²) in [6.45, 7) is 2.97.